The van der Waals surface area contributed by atoms with Crippen molar-refractivity contribution in [3.63, 3.8) is 0 Å². The Morgan fingerprint density at radius 2 is 1.89 bits per heavy atom. The lowest BCUT2D eigenvalue weighted by atomic mass is 10.1. The Hall–Kier alpha value is -3.67. The van der Waals surface area contributed by atoms with Gasteiger partial charge in [-0.2, -0.15) is 0 Å². The van der Waals surface area contributed by atoms with Gasteiger partial charge in [-0.15, -0.1) is 0 Å². The van der Waals surface area contributed by atoms with Crippen molar-refractivity contribution in [3.8, 4) is 0 Å². The van der Waals surface area contributed by atoms with Gasteiger partial charge in [-0.1, -0.05) is 30.3 Å². The number of hydrogen-bond acceptors (Lipinski definition) is 5. The fraction of sp³-hybridized carbons (Fsp3) is 0.136. The van der Waals surface area contributed by atoms with E-state index in [4.69, 9.17) is 4.74 Å². The molecular weight excluding hydrogens is 354 g/mol. The average molecular weight is 373 g/mol. The first-order chi connectivity index (χ1) is 13.7. The third-order valence-corrected chi connectivity index (χ3v) is 4.60. The molecule has 6 nitrogen and oxygen atoms in total. The molecule has 1 atom stereocenters. The zero-order chi connectivity index (χ0) is 19.5. The number of nitrogens with zero attached hydrogens (tertiary/aromatic N) is 2. The molecule has 0 saturated heterocycles. The first-order valence-electron chi connectivity index (χ1n) is 9.06. The van der Waals surface area contributed by atoms with E-state index in [2.05, 4.69) is 10.3 Å². The number of para-hydroxylation sites is 1. The minimum absolute atomic E-state index is 0.116. The number of pyridine rings is 1. The molecular formula is C22H19N3O3. The summed E-state index contributed by atoms with van der Waals surface area (Å²) in [7, 11) is 0. The highest BCUT2D eigenvalue weighted by molar-refractivity contribution is 6.11. The van der Waals surface area contributed by atoms with E-state index in [1.165, 1.54) is 0 Å². The first-order valence-corrected chi connectivity index (χ1v) is 9.06. The molecule has 0 spiro atoms. The number of nitrogens with one attached hydrogen (secondary N) is 1. The number of carbonyl (C=O) groups excluding carboxylic acids is 2. The molecule has 0 saturated carbocycles. The number of anilines is 2. The maximum atomic E-state index is 13.1. The van der Waals surface area contributed by atoms with Crippen LogP contribution in [-0.4, -0.2) is 23.5 Å². The maximum absolute atomic E-state index is 13.1. The fourth-order valence-corrected chi connectivity index (χ4v) is 3.36. The van der Waals surface area contributed by atoms with E-state index >= 15 is 0 Å². The van der Waals surface area contributed by atoms with Gasteiger partial charge < -0.3 is 10.1 Å². The van der Waals surface area contributed by atoms with E-state index in [0.29, 0.717) is 29.1 Å². The second-order valence-electron chi connectivity index (χ2n) is 6.29. The molecule has 1 aliphatic rings. The summed E-state index contributed by atoms with van der Waals surface area (Å²) in [6.45, 7) is 2.06. The lowest BCUT2D eigenvalue weighted by Crippen LogP contribution is -2.32. The van der Waals surface area contributed by atoms with E-state index < -0.39 is 12.1 Å². The summed E-state index contributed by atoms with van der Waals surface area (Å²) in [5, 5.41) is 3.36. The van der Waals surface area contributed by atoms with Gasteiger partial charge in [0.15, 0.2) is 0 Å². The lowest BCUT2D eigenvalue weighted by Gasteiger charge is -2.27. The summed E-state index contributed by atoms with van der Waals surface area (Å²) in [6.07, 6.45) is 2.84. The van der Waals surface area contributed by atoms with Crippen LogP contribution in [0.2, 0.25) is 0 Å². The molecule has 0 radical (unpaired) electrons. The summed E-state index contributed by atoms with van der Waals surface area (Å²) < 4.78 is 5.17. The summed E-state index contributed by atoms with van der Waals surface area (Å²) in [6, 6.07) is 18.2. The molecule has 1 aromatic heterocycles. The number of carbonyl (C=O) groups is 2. The van der Waals surface area contributed by atoms with Crippen LogP contribution in [0.4, 0.5) is 11.4 Å². The molecule has 4 rings (SSSR count). The van der Waals surface area contributed by atoms with Crippen molar-refractivity contribution < 1.29 is 14.3 Å². The third kappa shape index (κ3) is 3.09. The van der Waals surface area contributed by atoms with Gasteiger partial charge in [-0.05, 0) is 37.3 Å². The summed E-state index contributed by atoms with van der Waals surface area (Å²) in [5.74, 6) is -0.522. The Balaban J connectivity index is 1.77. The molecule has 0 fully saturated rings. The van der Waals surface area contributed by atoms with E-state index in [1.807, 2.05) is 30.3 Å². The highest BCUT2D eigenvalue weighted by atomic mass is 16.5. The Morgan fingerprint density at radius 3 is 2.68 bits per heavy atom. The number of esters is 1. The molecule has 0 aliphatic carbocycles. The molecule has 2 aromatic carbocycles. The normalized spacial score (nSPS) is 15.2. The highest BCUT2D eigenvalue weighted by Crippen LogP contribution is 2.38. The van der Waals surface area contributed by atoms with Crippen LogP contribution in [0.3, 0.4) is 0 Å². The highest BCUT2D eigenvalue weighted by Gasteiger charge is 2.38. The number of rotatable bonds is 5. The van der Waals surface area contributed by atoms with Crippen LogP contribution >= 0.6 is 0 Å². The summed E-state index contributed by atoms with van der Waals surface area (Å²) in [4.78, 5) is 31.2. The van der Waals surface area contributed by atoms with Gasteiger partial charge in [0.05, 0.1) is 29.7 Å². The van der Waals surface area contributed by atoms with Crippen molar-refractivity contribution in [2.45, 2.75) is 13.1 Å². The minimum Gasteiger partial charge on any atom is -0.462 e. The van der Waals surface area contributed by atoms with Crippen molar-refractivity contribution in [3.05, 3.63) is 89.7 Å². The van der Waals surface area contributed by atoms with Crippen molar-refractivity contribution in [1.82, 2.24) is 4.98 Å². The largest absolute Gasteiger partial charge is 0.462 e. The molecule has 1 aliphatic heterocycles. The molecule has 6 heteroatoms. The molecule has 0 bridgehead atoms. The van der Waals surface area contributed by atoms with Crippen LogP contribution in [0.15, 0.2) is 73.1 Å². The van der Waals surface area contributed by atoms with Gasteiger partial charge >= 0.3 is 5.97 Å². The van der Waals surface area contributed by atoms with Gasteiger partial charge in [-0.3, -0.25) is 14.7 Å². The van der Waals surface area contributed by atoms with Crippen LogP contribution in [0.25, 0.3) is 0 Å². The average Bonchev–Trinajstić information content (AvgIpc) is 3.01. The summed E-state index contributed by atoms with van der Waals surface area (Å²) in [5.41, 5.74) is 3.17. The predicted octanol–water partition coefficient (Wildman–Crippen LogP) is 4.03. The Labute approximate surface area is 162 Å². The number of hydrogen-bond donors (Lipinski definition) is 1. The molecule has 1 N–H and O–H groups in total. The SMILES string of the molecule is CCOC(=O)c1ccccc1N[C@@H]1c2ccccc2C(=O)N1c1cccnc1. The van der Waals surface area contributed by atoms with Gasteiger partial charge in [-0.25, -0.2) is 4.79 Å². The summed E-state index contributed by atoms with van der Waals surface area (Å²) >= 11 is 0. The first kappa shape index (κ1) is 17.7. The van der Waals surface area contributed by atoms with Gasteiger partial charge in [0.2, 0.25) is 0 Å². The van der Waals surface area contributed by atoms with Crippen molar-refractivity contribution in [2.24, 2.45) is 0 Å². The van der Waals surface area contributed by atoms with Crippen LogP contribution in [0.1, 0.15) is 39.4 Å². The topological polar surface area (TPSA) is 71.5 Å². The second kappa shape index (κ2) is 7.52. The Bertz CT molecular complexity index is 1020. The van der Waals surface area contributed by atoms with Crippen LogP contribution in [0.5, 0.6) is 0 Å². The van der Waals surface area contributed by atoms with Crippen LogP contribution < -0.4 is 10.2 Å². The van der Waals surface area contributed by atoms with Crippen LogP contribution in [-0.2, 0) is 4.74 Å². The quantitative estimate of drug-likeness (QED) is 0.684. The number of fused-ring (bicyclic) bond motifs is 1. The number of amides is 1. The Morgan fingerprint density at radius 1 is 1.11 bits per heavy atom. The predicted molar refractivity (Wildman–Crippen MR) is 106 cm³/mol. The van der Waals surface area contributed by atoms with E-state index in [-0.39, 0.29) is 5.91 Å². The van der Waals surface area contributed by atoms with E-state index in [1.54, 1.807) is 54.5 Å². The lowest BCUT2D eigenvalue weighted by molar-refractivity contribution is 0.0527. The van der Waals surface area contributed by atoms with Gasteiger partial charge in [0, 0.05) is 17.3 Å². The minimum atomic E-state index is -0.469. The smallest absolute Gasteiger partial charge is 0.340 e. The third-order valence-electron chi connectivity index (χ3n) is 4.60. The second-order valence-corrected chi connectivity index (χ2v) is 6.29. The van der Waals surface area contributed by atoms with Crippen molar-refractivity contribution in [1.29, 1.82) is 0 Å². The van der Waals surface area contributed by atoms with E-state index in [9.17, 15) is 9.59 Å². The van der Waals surface area contributed by atoms with Crippen molar-refractivity contribution in [2.75, 3.05) is 16.8 Å². The van der Waals surface area contributed by atoms with Crippen LogP contribution in [0, 0.1) is 0 Å². The zero-order valence-corrected chi connectivity index (χ0v) is 15.3. The van der Waals surface area contributed by atoms with Gasteiger partial charge in [0.25, 0.3) is 5.91 Å². The fourth-order valence-electron chi connectivity index (χ4n) is 3.36. The molecule has 28 heavy (non-hydrogen) atoms. The molecule has 3 aromatic rings. The standard InChI is InChI=1S/C22H19N3O3/c1-2-28-22(27)18-11-5-6-12-19(18)24-20-16-9-3-4-10-17(16)21(26)25(20)15-8-7-13-23-14-15/h3-14,20,24H,2H2,1H3/t20-/m0/s1. The maximum Gasteiger partial charge on any atom is 0.340 e. The molecule has 1 amide bonds. The zero-order valence-electron chi connectivity index (χ0n) is 15.3. The number of ether oxygens (including phenoxy) is 1. The van der Waals surface area contributed by atoms with E-state index in [0.717, 1.165) is 5.56 Å². The molecule has 0 unspecified atom stereocenters. The Kier molecular flexibility index (Phi) is 4.76. The number of benzene rings is 2. The molecule has 2 heterocycles. The number of aromatic nitrogens is 1. The van der Waals surface area contributed by atoms with Gasteiger partial charge in [0.1, 0.15) is 6.17 Å². The monoisotopic (exact) mass is 373 g/mol. The molecule has 140 valence electrons. The van der Waals surface area contributed by atoms with Crippen molar-refractivity contribution >= 4 is 23.3 Å².